The molecule has 0 bridgehead atoms. The largest absolute Gasteiger partial charge is 0.399 e. The van der Waals surface area contributed by atoms with Crippen molar-refractivity contribution in [2.75, 3.05) is 16.4 Å². The van der Waals surface area contributed by atoms with Crippen molar-refractivity contribution >= 4 is 49.8 Å². The lowest BCUT2D eigenvalue weighted by Crippen LogP contribution is -2.13. The number of rotatable bonds is 6. The molecule has 0 saturated heterocycles. The van der Waals surface area contributed by atoms with Crippen LogP contribution in [0.15, 0.2) is 114 Å². The molecule has 5 rings (SSSR count). The van der Waals surface area contributed by atoms with Crippen LogP contribution >= 0.6 is 0 Å². The Morgan fingerprint density at radius 3 is 1.71 bits per heavy atom. The van der Waals surface area contributed by atoms with Gasteiger partial charge in [0.25, 0.3) is 21.9 Å². The second kappa shape index (κ2) is 12.5. The van der Waals surface area contributed by atoms with Gasteiger partial charge in [0.05, 0.1) is 5.69 Å². The predicted molar refractivity (Wildman–Crippen MR) is 164 cm³/mol. The van der Waals surface area contributed by atoms with E-state index < -0.39 is 16.0 Å². The van der Waals surface area contributed by atoms with E-state index in [1.165, 1.54) is 12.1 Å². The number of anilines is 3. The highest BCUT2D eigenvalue weighted by Crippen LogP contribution is 2.30. The van der Waals surface area contributed by atoms with Gasteiger partial charge in [-0.2, -0.15) is 8.42 Å². The standard InChI is InChI=1S/C30H23N3O5S.C2H6/c31-24-15-11-23(12-16-24)29(34)32-25-17-13-20(14-18-25)19-7-9-22(10-8-19)30(35)33-26-5-1-3-21-4-2-6-27(28(21)26)39(36,37)38;1-2/h1-18H,31H2,(H,32,34)(H,33,35)(H,36,37,38);1-2H3. The molecule has 41 heavy (non-hydrogen) atoms. The molecule has 0 radical (unpaired) electrons. The summed E-state index contributed by atoms with van der Waals surface area (Å²) in [4.78, 5) is 25.1. The number of nitrogen functional groups attached to an aromatic ring is 1. The number of nitrogens with one attached hydrogen (secondary N) is 2. The van der Waals surface area contributed by atoms with E-state index in [-0.39, 0.29) is 21.9 Å². The summed E-state index contributed by atoms with van der Waals surface area (Å²) in [5.74, 6) is -0.673. The first kappa shape index (κ1) is 29.0. The SMILES string of the molecule is CC.Nc1ccc(C(=O)Nc2ccc(-c3ccc(C(=O)Nc4cccc5cccc(S(=O)(=O)O)c45)cc3)cc2)cc1. The summed E-state index contributed by atoms with van der Waals surface area (Å²) in [6.45, 7) is 4.00. The lowest BCUT2D eigenvalue weighted by Gasteiger charge is -2.12. The summed E-state index contributed by atoms with van der Waals surface area (Å²) in [5.41, 5.74) is 9.78. The van der Waals surface area contributed by atoms with Crippen molar-refractivity contribution in [3.05, 3.63) is 120 Å². The second-order valence-corrected chi connectivity index (χ2v) is 10.2. The van der Waals surface area contributed by atoms with Gasteiger partial charge in [0.15, 0.2) is 0 Å². The molecule has 0 aliphatic carbocycles. The summed E-state index contributed by atoms with van der Waals surface area (Å²) < 4.78 is 33.4. The Morgan fingerprint density at radius 1 is 0.659 bits per heavy atom. The van der Waals surface area contributed by atoms with Crippen LogP contribution in [0, 0.1) is 0 Å². The minimum Gasteiger partial charge on any atom is -0.399 e. The lowest BCUT2D eigenvalue weighted by atomic mass is 10.0. The number of carbonyl (C=O) groups is 2. The molecule has 9 heteroatoms. The van der Waals surface area contributed by atoms with Crippen LogP contribution in [0.5, 0.6) is 0 Å². The van der Waals surface area contributed by atoms with Crippen molar-refractivity contribution in [2.24, 2.45) is 0 Å². The van der Waals surface area contributed by atoms with E-state index in [9.17, 15) is 22.6 Å². The van der Waals surface area contributed by atoms with Gasteiger partial charge in [0.2, 0.25) is 0 Å². The maximum atomic E-state index is 13.0. The average molecular weight is 568 g/mol. The Kier molecular flexibility index (Phi) is 8.81. The molecule has 5 N–H and O–H groups in total. The van der Waals surface area contributed by atoms with E-state index >= 15 is 0 Å². The fourth-order valence-corrected chi connectivity index (χ4v) is 4.95. The molecule has 5 aromatic rings. The Morgan fingerprint density at radius 2 is 1.15 bits per heavy atom. The highest BCUT2D eigenvalue weighted by Gasteiger charge is 2.18. The van der Waals surface area contributed by atoms with E-state index in [4.69, 9.17) is 5.73 Å². The van der Waals surface area contributed by atoms with Gasteiger partial charge in [-0.15, -0.1) is 0 Å². The van der Waals surface area contributed by atoms with Crippen molar-refractivity contribution in [3.8, 4) is 11.1 Å². The van der Waals surface area contributed by atoms with Crippen LogP contribution in [0.3, 0.4) is 0 Å². The van der Waals surface area contributed by atoms with Gasteiger partial charge in [0.1, 0.15) is 4.90 Å². The molecule has 8 nitrogen and oxygen atoms in total. The predicted octanol–water partition coefficient (Wildman–Crippen LogP) is 6.87. The van der Waals surface area contributed by atoms with Crippen LogP contribution < -0.4 is 16.4 Å². The zero-order chi connectivity index (χ0) is 29.6. The molecule has 0 saturated carbocycles. The molecule has 2 amide bonds. The van der Waals surface area contributed by atoms with Crippen molar-refractivity contribution in [1.29, 1.82) is 0 Å². The minimum atomic E-state index is -4.49. The number of nitrogens with two attached hydrogens (primary N) is 1. The number of hydrogen-bond acceptors (Lipinski definition) is 5. The molecule has 0 spiro atoms. The van der Waals surface area contributed by atoms with Gasteiger partial charge >= 0.3 is 0 Å². The highest BCUT2D eigenvalue weighted by atomic mass is 32.2. The summed E-state index contributed by atoms with van der Waals surface area (Å²) in [6.07, 6.45) is 0. The molecule has 0 atom stereocenters. The molecular weight excluding hydrogens is 538 g/mol. The number of benzene rings is 5. The third kappa shape index (κ3) is 6.78. The van der Waals surface area contributed by atoms with Gasteiger partial charge in [-0.25, -0.2) is 0 Å². The van der Waals surface area contributed by atoms with Crippen molar-refractivity contribution < 1.29 is 22.6 Å². The first-order valence-electron chi connectivity index (χ1n) is 12.9. The first-order chi connectivity index (χ1) is 19.7. The molecule has 0 unspecified atom stereocenters. The summed E-state index contributed by atoms with van der Waals surface area (Å²) in [5, 5.41) is 6.39. The minimum absolute atomic E-state index is 0.232. The van der Waals surface area contributed by atoms with Crippen LogP contribution in [-0.2, 0) is 10.1 Å². The van der Waals surface area contributed by atoms with Gasteiger partial charge in [0, 0.05) is 27.9 Å². The summed E-state index contributed by atoms with van der Waals surface area (Å²) >= 11 is 0. The molecule has 0 aromatic heterocycles. The second-order valence-electron chi connectivity index (χ2n) is 8.82. The van der Waals surface area contributed by atoms with Crippen LogP contribution in [0.25, 0.3) is 21.9 Å². The van der Waals surface area contributed by atoms with E-state index in [2.05, 4.69) is 10.6 Å². The van der Waals surface area contributed by atoms with Crippen molar-refractivity contribution in [2.45, 2.75) is 18.7 Å². The van der Waals surface area contributed by atoms with Gasteiger partial charge in [-0.05, 0) is 77.2 Å². The van der Waals surface area contributed by atoms with Gasteiger partial charge in [-0.3, -0.25) is 14.1 Å². The number of amides is 2. The smallest absolute Gasteiger partial charge is 0.295 e. The van der Waals surface area contributed by atoms with Crippen molar-refractivity contribution in [1.82, 2.24) is 0 Å². The molecule has 0 heterocycles. The monoisotopic (exact) mass is 567 g/mol. The molecule has 0 fully saturated rings. The summed E-state index contributed by atoms with van der Waals surface area (Å²) in [6, 6.07) is 30.3. The summed E-state index contributed by atoms with van der Waals surface area (Å²) in [7, 11) is -4.49. The van der Waals surface area contributed by atoms with E-state index in [1.54, 1.807) is 84.9 Å². The molecule has 0 aliphatic rings. The fraction of sp³-hybridized carbons (Fsp3) is 0.0625. The van der Waals surface area contributed by atoms with Gasteiger partial charge in [-0.1, -0.05) is 62.4 Å². The highest BCUT2D eigenvalue weighted by molar-refractivity contribution is 7.86. The number of fused-ring (bicyclic) bond motifs is 1. The lowest BCUT2D eigenvalue weighted by molar-refractivity contribution is 0.101. The maximum Gasteiger partial charge on any atom is 0.295 e. The topological polar surface area (TPSA) is 139 Å². The number of hydrogen-bond donors (Lipinski definition) is 4. The first-order valence-corrected chi connectivity index (χ1v) is 14.3. The Bertz CT molecular complexity index is 1800. The molecular formula is C32H29N3O5S. The Labute approximate surface area is 238 Å². The quantitative estimate of drug-likeness (QED) is 0.130. The fourth-order valence-electron chi connectivity index (χ4n) is 4.22. The van der Waals surface area contributed by atoms with Crippen LogP contribution in [0.1, 0.15) is 34.6 Å². The molecule has 5 aromatic carbocycles. The Hall–Kier alpha value is -4.99. The maximum absolute atomic E-state index is 13.0. The zero-order valence-electron chi connectivity index (χ0n) is 22.5. The molecule has 0 aliphatic heterocycles. The van der Waals surface area contributed by atoms with Crippen LogP contribution in [0.2, 0.25) is 0 Å². The van der Waals surface area contributed by atoms with Crippen LogP contribution in [0.4, 0.5) is 17.1 Å². The van der Waals surface area contributed by atoms with E-state index in [1.807, 2.05) is 26.0 Å². The zero-order valence-corrected chi connectivity index (χ0v) is 23.3. The normalized spacial score (nSPS) is 10.8. The van der Waals surface area contributed by atoms with Crippen LogP contribution in [-0.4, -0.2) is 24.8 Å². The van der Waals surface area contributed by atoms with Gasteiger partial charge < -0.3 is 16.4 Å². The third-order valence-electron chi connectivity index (χ3n) is 6.19. The van der Waals surface area contributed by atoms with E-state index in [0.29, 0.717) is 27.9 Å². The number of carbonyl (C=O) groups excluding carboxylic acids is 2. The average Bonchev–Trinajstić information content (AvgIpc) is 2.98. The van der Waals surface area contributed by atoms with E-state index in [0.717, 1.165) is 11.1 Å². The Balaban J connectivity index is 0.00000189. The molecule has 208 valence electrons. The van der Waals surface area contributed by atoms with Crippen molar-refractivity contribution in [3.63, 3.8) is 0 Å². The third-order valence-corrected chi connectivity index (χ3v) is 7.08.